The largest absolute Gasteiger partial charge is 0.478 e. The fourth-order valence-corrected chi connectivity index (χ4v) is 1.85. The van der Waals surface area contributed by atoms with Crippen molar-refractivity contribution in [2.24, 2.45) is 0 Å². The van der Waals surface area contributed by atoms with Gasteiger partial charge in [0, 0.05) is 12.7 Å². The number of anilines is 1. The maximum atomic E-state index is 12.8. The highest BCUT2D eigenvalue weighted by Gasteiger charge is 2.14. The molecule has 2 aromatic rings. The molecule has 0 spiro atoms. The van der Waals surface area contributed by atoms with Crippen molar-refractivity contribution < 1.29 is 18.7 Å². The third kappa shape index (κ3) is 2.93. The summed E-state index contributed by atoms with van der Waals surface area (Å²) in [6.07, 6.45) is 0. The highest BCUT2D eigenvalue weighted by Crippen LogP contribution is 2.19. The molecule has 0 aliphatic heterocycles. The fourth-order valence-electron chi connectivity index (χ4n) is 1.85. The molecule has 0 saturated carbocycles. The summed E-state index contributed by atoms with van der Waals surface area (Å²) >= 11 is 0. The van der Waals surface area contributed by atoms with Crippen LogP contribution >= 0.6 is 0 Å². The second-order valence-corrected chi connectivity index (χ2v) is 4.32. The summed E-state index contributed by atoms with van der Waals surface area (Å²) in [7, 11) is 1.82. The van der Waals surface area contributed by atoms with Crippen molar-refractivity contribution in [3.05, 3.63) is 53.2 Å². The summed E-state index contributed by atoms with van der Waals surface area (Å²) in [6, 6.07) is 7.58. The molecule has 5 heteroatoms. The van der Waals surface area contributed by atoms with Crippen LogP contribution in [0.5, 0.6) is 0 Å². The molecule has 2 rings (SSSR count). The lowest BCUT2D eigenvalue weighted by Gasteiger charge is -2.17. The minimum Gasteiger partial charge on any atom is -0.478 e. The van der Waals surface area contributed by atoms with Gasteiger partial charge in [-0.25, -0.2) is 9.18 Å². The first-order valence-electron chi connectivity index (χ1n) is 5.76. The standard InChI is InChI=1S/C14H14FNO3/c1-9-13(14(17)18)7-12(19-9)8-16(2)11-5-3-10(15)4-6-11/h3-7H,8H2,1-2H3,(H,17,18). The normalized spacial score (nSPS) is 10.5. The van der Waals surface area contributed by atoms with E-state index in [4.69, 9.17) is 9.52 Å². The molecule has 1 aromatic carbocycles. The maximum Gasteiger partial charge on any atom is 0.339 e. The lowest BCUT2D eigenvalue weighted by atomic mass is 10.2. The van der Waals surface area contributed by atoms with Gasteiger partial charge in [-0.2, -0.15) is 0 Å². The number of carboxylic acids is 1. The molecule has 0 fully saturated rings. The predicted molar refractivity (Wildman–Crippen MR) is 68.9 cm³/mol. The van der Waals surface area contributed by atoms with Crippen molar-refractivity contribution in [2.75, 3.05) is 11.9 Å². The van der Waals surface area contributed by atoms with E-state index in [0.29, 0.717) is 18.1 Å². The van der Waals surface area contributed by atoms with Gasteiger partial charge in [-0.15, -0.1) is 0 Å². The molecule has 0 atom stereocenters. The molecule has 0 saturated heterocycles. The Labute approximate surface area is 110 Å². The zero-order valence-corrected chi connectivity index (χ0v) is 10.7. The van der Waals surface area contributed by atoms with Crippen molar-refractivity contribution in [3.8, 4) is 0 Å². The van der Waals surface area contributed by atoms with Gasteiger partial charge in [0.05, 0.1) is 6.54 Å². The number of benzene rings is 1. The van der Waals surface area contributed by atoms with E-state index >= 15 is 0 Å². The van der Waals surface area contributed by atoms with Gasteiger partial charge >= 0.3 is 5.97 Å². The summed E-state index contributed by atoms with van der Waals surface area (Å²) in [5.74, 6) is -0.354. The molecular weight excluding hydrogens is 249 g/mol. The number of hydrogen-bond acceptors (Lipinski definition) is 3. The van der Waals surface area contributed by atoms with Crippen LogP contribution in [0.3, 0.4) is 0 Å². The zero-order valence-electron chi connectivity index (χ0n) is 10.7. The van der Waals surface area contributed by atoms with E-state index in [1.165, 1.54) is 18.2 Å². The molecule has 19 heavy (non-hydrogen) atoms. The van der Waals surface area contributed by atoms with Crippen LogP contribution in [0.1, 0.15) is 21.9 Å². The topological polar surface area (TPSA) is 53.7 Å². The van der Waals surface area contributed by atoms with Crippen molar-refractivity contribution in [2.45, 2.75) is 13.5 Å². The minimum atomic E-state index is -1.00. The Morgan fingerprint density at radius 3 is 2.53 bits per heavy atom. The van der Waals surface area contributed by atoms with Crippen LogP contribution in [0.2, 0.25) is 0 Å². The molecular formula is C14H14FNO3. The molecule has 0 aliphatic carbocycles. The van der Waals surface area contributed by atoms with Crippen LogP contribution < -0.4 is 4.90 Å². The molecule has 1 aromatic heterocycles. The average molecular weight is 263 g/mol. The number of carboxylic acid groups (broad SMARTS) is 1. The van der Waals surface area contributed by atoms with Gasteiger partial charge in [-0.1, -0.05) is 0 Å². The van der Waals surface area contributed by atoms with Gasteiger partial charge < -0.3 is 14.4 Å². The Balaban J connectivity index is 2.14. The number of halogens is 1. The highest BCUT2D eigenvalue weighted by atomic mass is 19.1. The van der Waals surface area contributed by atoms with Crippen LogP contribution in [0.25, 0.3) is 0 Å². The monoisotopic (exact) mass is 263 g/mol. The van der Waals surface area contributed by atoms with E-state index in [9.17, 15) is 9.18 Å². The quantitative estimate of drug-likeness (QED) is 0.921. The number of aromatic carboxylic acids is 1. The summed E-state index contributed by atoms with van der Waals surface area (Å²) in [5, 5.41) is 8.95. The average Bonchev–Trinajstić information content (AvgIpc) is 2.71. The second kappa shape index (κ2) is 5.14. The molecule has 0 amide bonds. The van der Waals surface area contributed by atoms with Gasteiger partial charge in [0.2, 0.25) is 0 Å². The van der Waals surface area contributed by atoms with Crippen LogP contribution in [0.4, 0.5) is 10.1 Å². The van der Waals surface area contributed by atoms with E-state index in [0.717, 1.165) is 5.69 Å². The number of aryl methyl sites for hydroxylation is 1. The van der Waals surface area contributed by atoms with E-state index in [1.807, 2.05) is 11.9 Å². The minimum absolute atomic E-state index is 0.169. The molecule has 100 valence electrons. The van der Waals surface area contributed by atoms with Gasteiger partial charge in [-0.05, 0) is 37.3 Å². The number of rotatable bonds is 4. The first-order chi connectivity index (χ1) is 8.97. The Morgan fingerprint density at radius 2 is 2.00 bits per heavy atom. The predicted octanol–water partition coefficient (Wildman–Crippen LogP) is 3.06. The maximum absolute atomic E-state index is 12.8. The second-order valence-electron chi connectivity index (χ2n) is 4.32. The molecule has 4 nitrogen and oxygen atoms in total. The smallest absolute Gasteiger partial charge is 0.339 e. The zero-order chi connectivity index (χ0) is 14.0. The Morgan fingerprint density at radius 1 is 1.37 bits per heavy atom. The number of furan rings is 1. The van der Waals surface area contributed by atoms with E-state index in [1.54, 1.807) is 19.1 Å². The van der Waals surface area contributed by atoms with Crippen molar-refractivity contribution >= 4 is 11.7 Å². The van der Waals surface area contributed by atoms with Crippen molar-refractivity contribution in [3.63, 3.8) is 0 Å². The van der Waals surface area contributed by atoms with Gasteiger partial charge in [0.15, 0.2) is 0 Å². The summed E-state index contributed by atoms with van der Waals surface area (Å²) in [4.78, 5) is 12.8. The van der Waals surface area contributed by atoms with Crippen LogP contribution in [-0.2, 0) is 6.54 Å². The SMILES string of the molecule is Cc1oc(CN(C)c2ccc(F)cc2)cc1C(=O)O. The first-order valence-corrected chi connectivity index (χ1v) is 5.76. The number of hydrogen-bond donors (Lipinski definition) is 1. The molecule has 1 heterocycles. The highest BCUT2D eigenvalue weighted by molar-refractivity contribution is 5.88. The fraction of sp³-hybridized carbons (Fsp3) is 0.214. The third-order valence-electron chi connectivity index (χ3n) is 2.86. The third-order valence-corrected chi connectivity index (χ3v) is 2.86. The lowest BCUT2D eigenvalue weighted by molar-refractivity contribution is 0.0695. The van der Waals surface area contributed by atoms with Crippen molar-refractivity contribution in [1.29, 1.82) is 0 Å². The Hall–Kier alpha value is -2.30. The van der Waals surface area contributed by atoms with Crippen molar-refractivity contribution in [1.82, 2.24) is 0 Å². The molecule has 0 bridgehead atoms. The number of carbonyl (C=O) groups is 1. The van der Waals surface area contributed by atoms with Crippen LogP contribution in [-0.4, -0.2) is 18.1 Å². The van der Waals surface area contributed by atoms with Crippen LogP contribution in [0.15, 0.2) is 34.7 Å². The molecule has 0 radical (unpaired) electrons. The lowest BCUT2D eigenvalue weighted by Crippen LogP contribution is -2.15. The Bertz CT molecular complexity index is 589. The summed E-state index contributed by atoms with van der Waals surface area (Å²) in [5.41, 5.74) is 0.995. The first kappa shape index (κ1) is 13.1. The van der Waals surface area contributed by atoms with Crippen LogP contribution in [0, 0.1) is 12.7 Å². The van der Waals surface area contributed by atoms with E-state index in [2.05, 4.69) is 0 Å². The van der Waals surface area contributed by atoms with Gasteiger partial charge in [0.1, 0.15) is 22.9 Å². The van der Waals surface area contributed by atoms with E-state index in [-0.39, 0.29) is 11.4 Å². The molecule has 0 aliphatic rings. The Kier molecular flexibility index (Phi) is 3.55. The summed E-state index contributed by atoms with van der Waals surface area (Å²) < 4.78 is 18.2. The summed E-state index contributed by atoms with van der Waals surface area (Å²) in [6.45, 7) is 2.03. The molecule has 1 N–H and O–H groups in total. The number of nitrogens with zero attached hydrogens (tertiary/aromatic N) is 1. The van der Waals surface area contributed by atoms with Gasteiger partial charge in [0.25, 0.3) is 0 Å². The van der Waals surface area contributed by atoms with Gasteiger partial charge in [-0.3, -0.25) is 0 Å². The molecule has 0 unspecified atom stereocenters. The van der Waals surface area contributed by atoms with E-state index < -0.39 is 5.97 Å².